The lowest BCUT2D eigenvalue weighted by molar-refractivity contribution is -0.133. The zero-order valence-electron chi connectivity index (χ0n) is 14.9. The van der Waals surface area contributed by atoms with Gasteiger partial charge in [0, 0.05) is 23.4 Å². The lowest BCUT2D eigenvalue weighted by atomic mass is 9.87. The molecule has 4 nitrogen and oxygen atoms in total. The van der Waals surface area contributed by atoms with Crippen molar-refractivity contribution in [3.63, 3.8) is 0 Å². The molecule has 25 heavy (non-hydrogen) atoms. The second-order valence-electron chi connectivity index (χ2n) is 6.97. The minimum atomic E-state index is -0.321. The number of rotatable bonds is 1. The van der Waals surface area contributed by atoms with E-state index in [2.05, 4.69) is 39.0 Å². The number of thiocarbonyl (C=S) groups is 1. The molecule has 2 amide bonds. The number of thioether (sulfide) groups is 2. The first kappa shape index (κ1) is 18.5. The Kier molecular flexibility index (Phi) is 4.77. The van der Waals surface area contributed by atoms with E-state index in [1.54, 1.807) is 7.05 Å². The SMILES string of the molecule is CCN1C(=O)/C(=C2\Sc3ccc(C(C)(C)C)cc3S2)C(=O)N(C)C1=S. The van der Waals surface area contributed by atoms with Crippen LogP contribution in [0.3, 0.4) is 0 Å². The van der Waals surface area contributed by atoms with Crippen LogP contribution in [0.25, 0.3) is 0 Å². The summed E-state index contributed by atoms with van der Waals surface area (Å²) in [4.78, 5) is 30.5. The molecule has 3 rings (SSSR count). The third-order valence-corrected chi connectivity index (χ3v) is 7.27. The molecule has 2 heterocycles. The number of carbonyl (C=O) groups is 2. The molecule has 0 radical (unpaired) electrons. The zero-order chi connectivity index (χ0) is 18.5. The highest BCUT2D eigenvalue weighted by Crippen LogP contribution is 2.53. The van der Waals surface area contributed by atoms with Crippen LogP contribution in [0.4, 0.5) is 0 Å². The molecule has 0 bridgehead atoms. The Bertz CT molecular complexity index is 824. The van der Waals surface area contributed by atoms with Crippen LogP contribution in [0.2, 0.25) is 0 Å². The van der Waals surface area contributed by atoms with Gasteiger partial charge in [-0.1, -0.05) is 50.4 Å². The summed E-state index contributed by atoms with van der Waals surface area (Å²) in [5.74, 6) is -0.618. The van der Waals surface area contributed by atoms with E-state index in [-0.39, 0.29) is 27.9 Å². The van der Waals surface area contributed by atoms with Crippen LogP contribution in [0, 0.1) is 0 Å². The minimum Gasteiger partial charge on any atom is -0.288 e. The van der Waals surface area contributed by atoms with Gasteiger partial charge in [0.1, 0.15) is 5.57 Å². The highest BCUT2D eigenvalue weighted by atomic mass is 32.2. The summed E-state index contributed by atoms with van der Waals surface area (Å²) in [7, 11) is 1.62. The molecule has 0 saturated carbocycles. The maximum Gasteiger partial charge on any atom is 0.267 e. The predicted octanol–water partition coefficient (Wildman–Crippen LogP) is 4.00. The number of amides is 2. The normalized spacial score (nSPS) is 21.2. The number of nitrogens with zero attached hydrogens (tertiary/aromatic N) is 2. The Hall–Kier alpha value is -1.31. The van der Waals surface area contributed by atoms with E-state index in [0.717, 1.165) is 14.0 Å². The largest absolute Gasteiger partial charge is 0.288 e. The van der Waals surface area contributed by atoms with Crippen LogP contribution in [0.15, 0.2) is 37.8 Å². The Labute approximate surface area is 162 Å². The summed E-state index contributed by atoms with van der Waals surface area (Å²) >= 11 is 8.22. The van der Waals surface area contributed by atoms with Gasteiger partial charge in [-0.05, 0) is 42.3 Å². The van der Waals surface area contributed by atoms with Crippen molar-refractivity contribution in [3.05, 3.63) is 33.6 Å². The van der Waals surface area contributed by atoms with E-state index in [1.807, 2.05) is 6.92 Å². The molecular weight excluding hydrogens is 372 g/mol. The molecule has 0 aliphatic carbocycles. The maximum atomic E-state index is 12.8. The molecule has 0 atom stereocenters. The molecule has 132 valence electrons. The highest BCUT2D eigenvalue weighted by molar-refractivity contribution is 8.24. The van der Waals surface area contributed by atoms with Crippen molar-refractivity contribution in [1.82, 2.24) is 9.80 Å². The first-order chi connectivity index (χ1) is 11.6. The van der Waals surface area contributed by atoms with E-state index >= 15 is 0 Å². The van der Waals surface area contributed by atoms with Gasteiger partial charge in [0.25, 0.3) is 11.8 Å². The summed E-state index contributed by atoms with van der Waals surface area (Å²) in [5.41, 5.74) is 1.51. The quantitative estimate of drug-likeness (QED) is 0.410. The van der Waals surface area contributed by atoms with Gasteiger partial charge >= 0.3 is 0 Å². The first-order valence-corrected chi connectivity index (χ1v) is 10.1. The van der Waals surface area contributed by atoms with Gasteiger partial charge in [0.2, 0.25) is 0 Å². The Morgan fingerprint density at radius 1 is 1.08 bits per heavy atom. The number of carbonyl (C=O) groups excluding carboxylic acids is 2. The molecule has 0 spiro atoms. The number of hydrogen-bond acceptors (Lipinski definition) is 5. The monoisotopic (exact) mass is 392 g/mol. The fourth-order valence-corrected chi connectivity index (χ4v) is 5.52. The van der Waals surface area contributed by atoms with Gasteiger partial charge < -0.3 is 0 Å². The molecule has 2 aliphatic heterocycles. The Morgan fingerprint density at radius 3 is 2.32 bits per heavy atom. The van der Waals surface area contributed by atoms with Gasteiger partial charge in [-0.15, -0.1) is 0 Å². The molecule has 0 aromatic heterocycles. The van der Waals surface area contributed by atoms with Crippen LogP contribution in [-0.4, -0.2) is 40.3 Å². The second-order valence-corrected chi connectivity index (χ2v) is 9.70. The van der Waals surface area contributed by atoms with E-state index in [9.17, 15) is 9.59 Å². The molecule has 7 heteroatoms. The van der Waals surface area contributed by atoms with E-state index in [0.29, 0.717) is 6.54 Å². The Balaban J connectivity index is 2.02. The molecular formula is C18H20N2O2S3. The molecule has 1 aromatic rings. The number of hydrogen-bond donors (Lipinski definition) is 0. The highest BCUT2D eigenvalue weighted by Gasteiger charge is 2.40. The summed E-state index contributed by atoms with van der Waals surface area (Å²) in [6, 6.07) is 6.35. The van der Waals surface area contributed by atoms with Crippen LogP contribution in [-0.2, 0) is 15.0 Å². The van der Waals surface area contributed by atoms with E-state index in [4.69, 9.17) is 12.2 Å². The standard InChI is InChI=1S/C18H20N2O2S3/c1-6-20-15(22)13(14(21)19(5)17(20)23)16-24-11-8-7-10(18(2,3)4)9-12(11)25-16/h7-9H,6H2,1-5H3/b16-13+. The van der Waals surface area contributed by atoms with Crippen LogP contribution in [0.1, 0.15) is 33.3 Å². The summed E-state index contributed by atoms with van der Waals surface area (Å²) in [6.07, 6.45) is 0. The molecule has 1 aromatic carbocycles. The second kappa shape index (κ2) is 6.45. The Morgan fingerprint density at radius 2 is 1.72 bits per heavy atom. The number of fused-ring (bicyclic) bond motifs is 1. The van der Waals surface area contributed by atoms with Crippen molar-refractivity contribution in [1.29, 1.82) is 0 Å². The zero-order valence-corrected chi connectivity index (χ0v) is 17.3. The molecule has 1 fully saturated rings. The first-order valence-electron chi connectivity index (χ1n) is 8.03. The van der Waals surface area contributed by atoms with Crippen LogP contribution in [0.5, 0.6) is 0 Å². The predicted molar refractivity (Wildman–Crippen MR) is 107 cm³/mol. The third-order valence-electron chi connectivity index (χ3n) is 4.23. The third kappa shape index (κ3) is 3.13. The van der Waals surface area contributed by atoms with Crippen molar-refractivity contribution in [2.24, 2.45) is 0 Å². The van der Waals surface area contributed by atoms with Crippen molar-refractivity contribution in [3.8, 4) is 0 Å². The van der Waals surface area contributed by atoms with Gasteiger partial charge in [-0.2, -0.15) is 0 Å². The van der Waals surface area contributed by atoms with Crippen molar-refractivity contribution >= 4 is 52.7 Å². The topological polar surface area (TPSA) is 40.6 Å². The van der Waals surface area contributed by atoms with E-state index in [1.165, 1.54) is 38.9 Å². The van der Waals surface area contributed by atoms with Gasteiger partial charge in [0.05, 0.1) is 4.24 Å². The maximum absolute atomic E-state index is 12.8. The molecule has 2 aliphatic rings. The minimum absolute atomic E-state index is 0.0536. The van der Waals surface area contributed by atoms with E-state index < -0.39 is 0 Å². The fraction of sp³-hybridized carbons (Fsp3) is 0.389. The summed E-state index contributed by atoms with van der Waals surface area (Å²) in [5, 5.41) is 0.266. The number of likely N-dealkylation sites (N-methyl/N-ethyl adjacent to an activating group) is 2. The molecule has 1 saturated heterocycles. The smallest absolute Gasteiger partial charge is 0.267 e. The van der Waals surface area contributed by atoms with Gasteiger partial charge in [0.15, 0.2) is 5.11 Å². The molecule has 0 unspecified atom stereocenters. The van der Waals surface area contributed by atoms with Gasteiger partial charge in [-0.3, -0.25) is 19.4 Å². The van der Waals surface area contributed by atoms with Crippen LogP contribution >= 0.6 is 35.7 Å². The van der Waals surface area contributed by atoms with Crippen molar-refractivity contribution in [2.45, 2.75) is 42.9 Å². The fourth-order valence-electron chi connectivity index (χ4n) is 2.66. The van der Waals surface area contributed by atoms with Crippen LogP contribution < -0.4 is 0 Å². The van der Waals surface area contributed by atoms with Crippen molar-refractivity contribution < 1.29 is 9.59 Å². The average Bonchev–Trinajstić information content (AvgIpc) is 2.95. The van der Waals surface area contributed by atoms with Gasteiger partial charge in [-0.25, -0.2) is 0 Å². The lowest BCUT2D eigenvalue weighted by Crippen LogP contribution is -2.54. The lowest BCUT2D eigenvalue weighted by Gasteiger charge is -2.34. The summed E-state index contributed by atoms with van der Waals surface area (Å²) in [6.45, 7) is 8.82. The molecule has 0 N–H and O–H groups in total. The average molecular weight is 393 g/mol. The number of benzene rings is 1. The van der Waals surface area contributed by atoms with Crippen molar-refractivity contribution in [2.75, 3.05) is 13.6 Å². The summed E-state index contributed by atoms with van der Waals surface area (Å²) < 4.78 is 0.740.